The maximum atomic E-state index is 10.1. The van der Waals surface area contributed by atoms with Crippen molar-refractivity contribution in [1.29, 1.82) is 0 Å². The van der Waals surface area contributed by atoms with Gasteiger partial charge >= 0.3 is 5.97 Å². The zero-order valence-corrected chi connectivity index (χ0v) is 6.62. The van der Waals surface area contributed by atoms with Crippen LogP contribution in [0.4, 0.5) is 0 Å². The van der Waals surface area contributed by atoms with Gasteiger partial charge in [0.15, 0.2) is 0 Å². The van der Waals surface area contributed by atoms with Crippen LogP contribution in [0.2, 0.25) is 0 Å². The lowest BCUT2D eigenvalue weighted by molar-refractivity contribution is -0.135. The fraction of sp³-hybridized carbons (Fsp3) is 0.375. The molecule has 0 unspecified atom stereocenters. The second kappa shape index (κ2) is 4.56. The van der Waals surface area contributed by atoms with E-state index in [2.05, 4.69) is 5.32 Å². The van der Waals surface area contributed by atoms with Gasteiger partial charge in [-0.15, -0.1) is 0 Å². The topological polar surface area (TPSA) is 62.5 Å². The standard InChI is InChI=1S/C8H11NO3/c10-8(11)6-9-4-3-7-2-1-5-12-7/h1-2,5,9H,3-4,6H2,(H,10,11). The van der Waals surface area contributed by atoms with Gasteiger partial charge in [0.2, 0.25) is 0 Å². The van der Waals surface area contributed by atoms with E-state index < -0.39 is 5.97 Å². The molecule has 2 N–H and O–H groups in total. The van der Waals surface area contributed by atoms with E-state index in [0.29, 0.717) is 6.54 Å². The zero-order valence-electron chi connectivity index (χ0n) is 6.62. The fourth-order valence-electron chi connectivity index (χ4n) is 0.862. The maximum Gasteiger partial charge on any atom is 0.317 e. The molecule has 0 atom stereocenters. The van der Waals surface area contributed by atoms with Gasteiger partial charge in [-0.2, -0.15) is 0 Å². The van der Waals surface area contributed by atoms with E-state index in [1.165, 1.54) is 0 Å². The highest BCUT2D eigenvalue weighted by molar-refractivity contribution is 5.68. The van der Waals surface area contributed by atoms with Crippen LogP contribution < -0.4 is 5.32 Å². The van der Waals surface area contributed by atoms with Crippen molar-refractivity contribution < 1.29 is 14.3 Å². The summed E-state index contributed by atoms with van der Waals surface area (Å²) in [5.74, 6) is 0.0299. The van der Waals surface area contributed by atoms with Crippen molar-refractivity contribution in [2.45, 2.75) is 6.42 Å². The number of hydrogen-bond acceptors (Lipinski definition) is 3. The predicted octanol–water partition coefficient (Wildman–Crippen LogP) is 0.496. The Bertz CT molecular complexity index is 230. The Hall–Kier alpha value is -1.29. The number of carboxylic acid groups (broad SMARTS) is 1. The number of carbonyl (C=O) groups is 1. The Morgan fingerprint density at radius 2 is 2.50 bits per heavy atom. The first-order valence-corrected chi connectivity index (χ1v) is 3.74. The number of furan rings is 1. The molecule has 0 aromatic carbocycles. The monoisotopic (exact) mass is 169 g/mol. The smallest absolute Gasteiger partial charge is 0.317 e. The first-order chi connectivity index (χ1) is 5.79. The number of aliphatic carboxylic acids is 1. The molecule has 1 rings (SSSR count). The summed E-state index contributed by atoms with van der Waals surface area (Å²) in [7, 11) is 0. The molecule has 66 valence electrons. The van der Waals surface area contributed by atoms with Crippen LogP contribution in [0.15, 0.2) is 22.8 Å². The van der Waals surface area contributed by atoms with Gasteiger partial charge < -0.3 is 14.8 Å². The van der Waals surface area contributed by atoms with E-state index >= 15 is 0 Å². The van der Waals surface area contributed by atoms with Crippen LogP contribution in [-0.2, 0) is 11.2 Å². The highest BCUT2D eigenvalue weighted by atomic mass is 16.4. The maximum absolute atomic E-state index is 10.1. The molecule has 1 heterocycles. The summed E-state index contributed by atoms with van der Waals surface area (Å²) in [6.45, 7) is 0.626. The third-order valence-electron chi connectivity index (χ3n) is 1.40. The molecule has 1 aromatic heterocycles. The van der Waals surface area contributed by atoms with Crippen LogP contribution in [0.3, 0.4) is 0 Å². The molecule has 0 fully saturated rings. The van der Waals surface area contributed by atoms with E-state index in [0.717, 1.165) is 12.2 Å². The predicted molar refractivity (Wildman–Crippen MR) is 42.9 cm³/mol. The molecule has 1 aromatic rings. The van der Waals surface area contributed by atoms with E-state index in [4.69, 9.17) is 9.52 Å². The average Bonchev–Trinajstić information content (AvgIpc) is 2.49. The lowest BCUT2D eigenvalue weighted by Crippen LogP contribution is -2.24. The van der Waals surface area contributed by atoms with E-state index in [-0.39, 0.29) is 6.54 Å². The van der Waals surface area contributed by atoms with E-state index in [1.54, 1.807) is 6.26 Å². The van der Waals surface area contributed by atoms with Crippen LogP contribution in [0, 0.1) is 0 Å². The van der Waals surface area contributed by atoms with Crippen molar-refractivity contribution in [2.24, 2.45) is 0 Å². The minimum atomic E-state index is -0.838. The van der Waals surface area contributed by atoms with Gasteiger partial charge in [-0.25, -0.2) is 0 Å². The number of carboxylic acids is 1. The largest absolute Gasteiger partial charge is 0.480 e. The summed E-state index contributed by atoms with van der Waals surface area (Å²) in [6.07, 6.45) is 2.33. The first kappa shape index (κ1) is 8.80. The van der Waals surface area contributed by atoms with Crippen molar-refractivity contribution in [3.8, 4) is 0 Å². The minimum absolute atomic E-state index is 0.000703. The number of rotatable bonds is 5. The third kappa shape index (κ3) is 3.21. The molecule has 4 heteroatoms. The molecule has 0 saturated carbocycles. The molecular formula is C8H11NO3. The molecule has 0 aliphatic carbocycles. The molecule has 0 aliphatic heterocycles. The van der Waals surface area contributed by atoms with Crippen molar-refractivity contribution >= 4 is 5.97 Å². The molecule has 0 bridgehead atoms. The Morgan fingerprint density at radius 1 is 1.67 bits per heavy atom. The molecule has 0 aliphatic rings. The average molecular weight is 169 g/mol. The van der Waals surface area contributed by atoms with E-state index in [9.17, 15) is 4.79 Å². The highest BCUT2D eigenvalue weighted by Gasteiger charge is 1.97. The van der Waals surface area contributed by atoms with Gasteiger partial charge in [0.05, 0.1) is 12.8 Å². The summed E-state index contributed by atoms with van der Waals surface area (Å²) in [5.41, 5.74) is 0. The van der Waals surface area contributed by atoms with Crippen molar-refractivity contribution in [2.75, 3.05) is 13.1 Å². The Morgan fingerprint density at radius 3 is 3.08 bits per heavy atom. The normalized spacial score (nSPS) is 10.0. The number of nitrogens with one attached hydrogen (secondary N) is 1. The van der Waals surface area contributed by atoms with E-state index in [1.807, 2.05) is 12.1 Å². The molecule has 4 nitrogen and oxygen atoms in total. The van der Waals surface area contributed by atoms with Crippen molar-refractivity contribution in [3.63, 3.8) is 0 Å². The molecule has 0 amide bonds. The summed E-state index contributed by atoms with van der Waals surface area (Å²) in [5, 5.41) is 11.0. The van der Waals surface area contributed by atoms with Gasteiger partial charge in [0.25, 0.3) is 0 Å². The molecule has 0 spiro atoms. The summed E-state index contributed by atoms with van der Waals surface area (Å²) >= 11 is 0. The zero-order chi connectivity index (χ0) is 8.81. The second-order valence-electron chi connectivity index (χ2n) is 2.40. The Kier molecular flexibility index (Phi) is 3.35. The van der Waals surface area contributed by atoms with Crippen LogP contribution >= 0.6 is 0 Å². The third-order valence-corrected chi connectivity index (χ3v) is 1.40. The van der Waals surface area contributed by atoms with Gasteiger partial charge in [-0.1, -0.05) is 0 Å². The summed E-state index contributed by atoms with van der Waals surface area (Å²) in [6, 6.07) is 3.68. The summed E-state index contributed by atoms with van der Waals surface area (Å²) < 4.78 is 5.05. The second-order valence-corrected chi connectivity index (χ2v) is 2.40. The minimum Gasteiger partial charge on any atom is -0.480 e. The van der Waals surface area contributed by atoms with Gasteiger partial charge in [0.1, 0.15) is 5.76 Å². The molecule has 0 saturated heterocycles. The van der Waals surface area contributed by atoms with Crippen LogP contribution in [0.5, 0.6) is 0 Å². The first-order valence-electron chi connectivity index (χ1n) is 3.74. The SMILES string of the molecule is O=C(O)CNCCc1ccco1. The quantitative estimate of drug-likeness (QED) is 0.630. The summed E-state index contributed by atoms with van der Waals surface area (Å²) in [4.78, 5) is 10.1. The van der Waals surface area contributed by atoms with Gasteiger partial charge in [-0.05, 0) is 12.1 Å². The van der Waals surface area contributed by atoms with Gasteiger partial charge in [0, 0.05) is 13.0 Å². The van der Waals surface area contributed by atoms with Crippen LogP contribution in [0.1, 0.15) is 5.76 Å². The Labute approximate surface area is 70.2 Å². The number of hydrogen-bond donors (Lipinski definition) is 2. The van der Waals surface area contributed by atoms with Crippen molar-refractivity contribution in [3.05, 3.63) is 24.2 Å². The fourth-order valence-corrected chi connectivity index (χ4v) is 0.862. The highest BCUT2D eigenvalue weighted by Crippen LogP contribution is 1.98. The van der Waals surface area contributed by atoms with Crippen LogP contribution in [-0.4, -0.2) is 24.2 Å². The Balaban J connectivity index is 2.07. The lowest BCUT2D eigenvalue weighted by Gasteiger charge is -1.97. The van der Waals surface area contributed by atoms with Crippen molar-refractivity contribution in [1.82, 2.24) is 5.32 Å². The lowest BCUT2D eigenvalue weighted by atomic mass is 10.3. The molecular weight excluding hydrogens is 158 g/mol. The molecule has 12 heavy (non-hydrogen) atoms. The van der Waals surface area contributed by atoms with Gasteiger partial charge in [-0.3, -0.25) is 4.79 Å². The molecule has 0 radical (unpaired) electrons. The van der Waals surface area contributed by atoms with Crippen LogP contribution in [0.25, 0.3) is 0 Å².